The van der Waals surface area contributed by atoms with Crippen LogP contribution in [-0.2, 0) is 27.3 Å². The first-order valence-electron chi connectivity index (χ1n) is 8.51. The maximum atomic E-state index is 12.5. The quantitative estimate of drug-likeness (QED) is 0.664. The van der Waals surface area contributed by atoms with Crippen molar-refractivity contribution in [2.24, 2.45) is 0 Å². The van der Waals surface area contributed by atoms with Gasteiger partial charge in [-0.15, -0.1) is 0 Å². The molecule has 3 rings (SSSR count). The van der Waals surface area contributed by atoms with Gasteiger partial charge in [0, 0.05) is 41.6 Å². The van der Waals surface area contributed by atoms with Crippen molar-refractivity contribution in [1.82, 2.24) is 20.5 Å². The van der Waals surface area contributed by atoms with Gasteiger partial charge in [-0.1, -0.05) is 11.6 Å². The number of carbonyl (C=O) groups is 3. The second-order valence-corrected chi connectivity index (χ2v) is 6.76. The predicted molar refractivity (Wildman–Crippen MR) is 98.7 cm³/mol. The standard InChI is InChI=1S/C18H21ClN4O3/c1-20-18(26)15(21-10-24)4-5-17(25)23-7-6-12-13-8-11(19)2-3-14(13)22-16(12)9-23/h2-3,8,10,15,22H,4-7,9H2,1H3,(H,20,26)(H,21,24). The molecule has 1 aliphatic rings. The van der Waals surface area contributed by atoms with Crippen LogP contribution in [0.1, 0.15) is 24.1 Å². The van der Waals surface area contributed by atoms with Crippen molar-refractivity contribution in [1.29, 1.82) is 0 Å². The van der Waals surface area contributed by atoms with Crippen molar-refractivity contribution in [2.45, 2.75) is 31.8 Å². The van der Waals surface area contributed by atoms with Gasteiger partial charge in [0.15, 0.2) is 0 Å². The molecular weight excluding hydrogens is 356 g/mol. The van der Waals surface area contributed by atoms with Gasteiger partial charge in [-0.05, 0) is 36.6 Å². The third-order valence-corrected chi connectivity index (χ3v) is 5.00. The Kier molecular flexibility index (Phi) is 5.46. The minimum Gasteiger partial charge on any atom is -0.357 e. The number of amides is 3. The Morgan fingerprint density at radius 1 is 1.42 bits per heavy atom. The van der Waals surface area contributed by atoms with Crippen LogP contribution in [0, 0.1) is 0 Å². The van der Waals surface area contributed by atoms with E-state index >= 15 is 0 Å². The fourth-order valence-electron chi connectivity index (χ4n) is 3.40. The van der Waals surface area contributed by atoms with Crippen LogP contribution in [-0.4, -0.2) is 47.7 Å². The first-order chi connectivity index (χ1) is 12.5. The molecule has 0 saturated heterocycles. The van der Waals surface area contributed by atoms with E-state index in [1.807, 2.05) is 18.2 Å². The number of fused-ring (bicyclic) bond motifs is 3. The molecule has 7 nitrogen and oxygen atoms in total. The Labute approximate surface area is 156 Å². The number of aromatic nitrogens is 1. The molecule has 0 saturated carbocycles. The summed E-state index contributed by atoms with van der Waals surface area (Å²) in [5, 5.41) is 6.73. The fraction of sp³-hybridized carbons (Fsp3) is 0.389. The van der Waals surface area contributed by atoms with E-state index < -0.39 is 6.04 Å². The van der Waals surface area contributed by atoms with Gasteiger partial charge in [-0.25, -0.2) is 0 Å². The summed E-state index contributed by atoms with van der Waals surface area (Å²) < 4.78 is 0. The molecule has 0 bridgehead atoms. The van der Waals surface area contributed by atoms with E-state index in [0.717, 1.165) is 23.0 Å². The summed E-state index contributed by atoms with van der Waals surface area (Å²) in [6, 6.07) is 5.04. The number of H-pyrrole nitrogens is 1. The highest BCUT2D eigenvalue weighted by Crippen LogP contribution is 2.29. The van der Waals surface area contributed by atoms with Gasteiger partial charge in [-0.2, -0.15) is 0 Å². The minimum absolute atomic E-state index is 0.0334. The number of halogens is 1. The second kappa shape index (κ2) is 7.78. The van der Waals surface area contributed by atoms with E-state index in [1.54, 1.807) is 4.90 Å². The van der Waals surface area contributed by atoms with E-state index in [4.69, 9.17) is 11.6 Å². The monoisotopic (exact) mass is 376 g/mol. The Balaban J connectivity index is 1.66. The zero-order valence-corrected chi connectivity index (χ0v) is 15.2. The van der Waals surface area contributed by atoms with Crippen LogP contribution in [0.2, 0.25) is 5.02 Å². The number of likely N-dealkylation sites (N-methyl/N-ethyl adjacent to an activating group) is 1. The van der Waals surface area contributed by atoms with Crippen LogP contribution in [0.15, 0.2) is 18.2 Å². The SMILES string of the molecule is CNC(=O)C(CCC(=O)N1CCc2c([nH]c3ccc(Cl)cc23)C1)NC=O. The molecule has 1 atom stereocenters. The number of aromatic amines is 1. The Hall–Kier alpha value is -2.54. The molecular formula is C18H21ClN4O3. The Morgan fingerprint density at radius 3 is 2.96 bits per heavy atom. The largest absolute Gasteiger partial charge is 0.357 e. The summed E-state index contributed by atoms with van der Waals surface area (Å²) in [7, 11) is 1.50. The summed E-state index contributed by atoms with van der Waals surface area (Å²) >= 11 is 6.09. The first-order valence-corrected chi connectivity index (χ1v) is 8.89. The third-order valence-electron chi connectivity index (χ3n) is 4.77. The molecule has 1 aliphatic heterocycles. The number of rotatable bonds is 6. The number of benzene rings is 1. The Morgan fingerprint density at radius 2 is 2.23 bits per heavy atom. The molecule has 2 aromatic rings. The molecule has 0 spiro atoms. The third kappa shape index (κ3) is 3.67. The van der Waals surface area contributed by atoms with Crippen LogP contribution in [0.3, 0.4) is 0 Å². The van der Waals surface area contributed by atoms with E-state index in [-0.39, 0.29) is 24.7 Å². The molecule has 0 fully saturated rings. The van der Waals surface area contributed by atoms with Crippen molar-refractivity contribution >= 4 is 40.7 Å². The van der Waals surface area contributed by atoms with Crippen LogP contribution in [0.25, 0.3) is 10.9 Å². The van der Waals surface area contributed by atoms with E-state index in [9.17, 15) is 14.4 Å². The van der Waals surface area contributed by atoms with Crippen molar-refractivity contribution in [3.8, 4) is 0 Å². The average molecular weight is 377 g/mol. The zero-order valence-electron chi connectivity index (χ0n) is 14.5. The molecule has 138 valence electrons. The number of carbonyl (C=O) groups excluding carboxylic acids is 3. The lowest BCUT2D eigenvalue weighted by Crippen LogP contribution is -2.43. The van der Waals surface area contributed by atoms with Crippen molar-refractivity contribution < 1.29 is 14.4 Å². The summed E-state index contributed by atoms with van der Waals surface area (Å²) in [4.78, 5) is 40.0. The van der Waals surface area contributed by atoms with Crippen molar-refractivity contribution in [3.63, 3.8) is 0 Å². The van der Waals surface area contributed by atoms with Gasteiger partial charge in [0.25, 0.3) is 0 Å². The Bertz CT molecular complexity index is 848. The number of nitrogens with one attached hydrogen (secondary N) is 3. The van der Waals surface area contributed by atoms with Gasteiger partial charge >= 0.3 is 0 Å². The minimum atomic E-state index is -0.697. The van der Waals surface area contributed by atoms with E-state index in [2.05, 4.69) is 15.6 Å². The van der Waals surface area contributed by atoms with Crippen LogP contribution in [0.4, 0.5) is 0 Å². The lowest BCUT2D eigenvalue weighted by atomic mass is 10.0. The molecule has 1 aromatic carbocycles. The van der Waals surface area contributed by atoms with Gasteiger partial charge in [0.05, 0.1) is 6.54 Å². The highest BCUT2D eigenvalue weighted by atomic mass is 35.5. The first kappa shape index (κ1) is 18.3. The number of hydrogen-bond donors (Lipinski definition) is 3. The molecule has 2 heterocycles. The van der Waals surface area contributed by atoms with E-state index in [0.29, 0.717) is 24.5 Å². The van der Waals surface area contributed by atoms with Gasteiger partial charge in [0.1, 0.15) is 6.04 Å². The molecule has 8 heteroatoms. The lowest BCUT2D eigenvalue weighted by Gasteiger charge is -2.27. The zero-order chi connectivity index (χ0) is 18.7. The average Bonchev–Trinajstić information content (AvgIpc) is 3.01. The van der Waals surface area contributed by atoms with Crippen molar-refractivity contribution in [2.75, 3.05) is 13.6 Å². The van der Waals surface area contributed by atoms with Gasteiger partial charge < -0.3 is 20.5 Å². The molecule has 26 heavy (non-hydrogen) atoms. The molecule has 1 unspecified atom stereocenters. The van der Waals surface area contributed by atoms with Crippen LogP contribution in [0.5, 0.6) is 0 Å². The highest BCUT2D eigenvalue weighted by Gasteiger charge is 2.25. The van der Waals surface area contributed by atoms with Crippen LogP contribution < -0.4 is 10.6 Å². The summed E-state index contributed by atoms with van der Waals surface area (Å²) in [6.45, 7) is 1.13. The number of hydrogen-bond acceptors (Lipinski definition) is 3. The van der Waals surface area contributed by atoms with Crippen LogP contribution >= 0.6 is 11.6 Å². The van der Waals surface area contributed by atoms with Gasteiger partial charge in [-0.3, -0.25) is 14.4 Å². The summed E-state index contributed by atoms with van der Waals surface area (Å²) in [5.74, 6) is -0.340. The predicted octanol–water partition coefficient (Wildman–Crippen LogP) is 1.35. The lowest BCUT2D eigenvalue weighted by molar-refractivity contribution is -0.133. The summed E-state index contributed by atoms with van der Waals surface area (Å²) in [6.07, 6.45) is 1.70. The number of nitrogens with zero attached hydrogens (tertiary/aromatic N) is 1. The molecule has 0 aliphatic carbocycles. The van der Waals surface area contributed by atoms with Crippen molar-refractivity contribution in [3.05, 3.63) is 34.5 Å². The topological polar surface area (TPSA) is 94.3 Å². The molecule has 1 aromatic heterocycles. The maximum Gasteiger partial charge on any atom is 0.242 e. The maximum absolute atomic E-state index is 12.5. The fourth-order valence-corrected chi connectivity index (χ4v) is 3.57. The van der Waals surface area contributed by atoms with Gasteiger partial charge in [0.2, 0.25) is 18.2 Å². The normalized spacial score (nSPS) is 14.6. The molecule has 3 N–H and O–H groups in total. The molecule has 0 radical (unpaired) electrons. The summed E-state index contributed by atoms with van der Waals surface area (Å²) in [5.41, 5.74) is 3.25. The smallest absolute Gasteiger partial charge is 0.242 e. The molecule has 3 amide bonds. The second-order valence-electron chi connectivity index (χ2n) is 6.33. The van der Waals surface area contributed by atoms with E-state index in [1.165, 1.54) is 12.6 Å². The highest BCUT2D eigenvalue weighted by molar-refractivity contribution is 6.31.